The normalized spacial score (nSPS) is 14.8. The zero-order chi connectivity index (χ0) is 19.2. The van der Waals surface area contributed by atoms with Crippen molar-refractivity contribution in [3.8, 4) is 0 Å². The van der Waals surface area contributed by atoms with Gasteiger partial charge in [-0.25, -0.2) is 8.42 Å². The molecule has 1 aromatic rings. The Morgan fingerprint density at radius 2 is 1.85 bits per heavy atom. The first kappa shape index (κ1) is 20.1. The Bertz CT molecular complexity index is 753. The zero-order valence-electron chi connectivity index (χ0n) is 15.0. The van der Waals surface area contributed by atoms with Crippen LogP contribution >= 0.6 is 0 Å². The van der Waals surface area contributed by atoms with Crippen molar-refractivity contribution in [2.24, 2.45) is 0 Å². The lowest BCUT2D eigenvalue weighted by Crippen LogP contribution is -2.37. The summed E-state index contributed by atoms with van der Waals surface area (Å²) in [6.45, 7) is 7.26. The molecular weight excluding hydrogens is 354 g/mol. The minimum atomic E-state index is -3.48. The fourth-order valence-electron chi connectivity index (χ4n) is 2.80. The number of nitrogens with zero attached hydrogens (tertiary/aromatic N) is 2. The van der Waals surface area contributed by atoms with E-state index in [1.54, 1.807) is 11.0 Å². The lowest BCUT2D eigenvalue weighted by Gasteiger charge is -2.19. The van der Waals surface area contributed by atoms with Gasteiger partial charge >= 0.3 is 0 Å². The fourth-order valence-corrected chi connectivity index (χ4v) is 4.31. The van der Waals surface area contributed by atoms with Gasteiger partial charge in [-0.1, -0.05) is 6.08 Å². The summed E-state index contributed by atoms with van der Waals surface area (Å²) in [5.74, 6) is -0.396. The molecule has 0 saturated carbocycles. The van der Waals surface area contributed by atoms with E-state index in [0.29, 0.717) is 38.3 Å². The SMILES string of the molecule is C=CCN(CCNC(=O)c1ccc(S(=O)(=O)N2CCCC2)cc1)C(C)=O. The number of carbonyl (C=O) groups is 2. The van der Waals surface area contributed by atoms with E-state index in [-0.39, 0.29) is 16.7 Å². The van der Waals surface area contributed by atoms with Crippen LogP contribution in [0.25, 0.3) is 0 Å². The summed E-state index contributed by atoms with van der Waals surface area (Å²) in [5.41, 5.74) is 0.378. The van der Waals surface area contributed by atoms with Crippen LogP contribution in [0.2, 0.25) is 0 Å². The van der Waals surface area contributed by atoms with Gasteiger partial charge in [0, 0.05) is 45.2 Å². The number of nitrogens with one attached hydrogen (secondary N) is 1. The quantitative estimate of drug-likeness (QED) is 0.689. The molecule has 0 radical (unpaired) electrons. The zero-order valence-corrected chi connectivity index (χ0v) is 15.8. The minimum absolute atomic E-state index is 0.0874. The number of benzene rings is 1. The van der Waals surface area contributed by atoms with E-state index in [9.17, 15) is 18.0 Å². The van der Waals surface area contributed by atoms with Crippen LogP contribution in [-0.4, -0.2) is 62.2 Å². The van der Waals surface area contributed by atoms with E-state index in [2.05, 4.69) is 11.9 Å². The van der Waals surface area contributed by atoms with Gasteiger partial charge in [0.25, 0.3) is 5.91 Å². The smallest absolute Gasteiger partial charge is 0.251 e. The molecule has 1 N–H and O–H groups in total. The molecule has 0 atom stereocenters. The molecule has 0 bridgehead atoms. The molecule has 0 aromatic heterocycles. The highest BCUT2D eigenvalue weighted by molar-refractivity contribution is 7.89. The van der Waals surface area contributed by atoms with Gasteiger partial charge < -0.3 is 10.2 Å². The second-order valence-electron chi connectivity index (χ2n) is 6.15. The van der Waals surface area contributed by atoms with E-state index < -0.39 is 10.0 Å². The predicted molar refractivity (Wildman–Crippen MR) is 99.2 cm³/mol. The number of sulfonamides is 1. The van der Waals surface area contributed by atoms with Crippen LogP contribution < -0.4 is 5.32 Å². The fraction of sp³-hybridized carbons (Fsp3) is 0.444. The van der Waals surface area contributed by atoms with Crippen LogP contribution in [0.3, 0.4) is 0 Å². The first-order valence-corrected chi connectivity index (χ1v) is 10.0. The number of amides is 2. The number of carbonyl (C=O) groups excluding carboxylic acids is 2. The standard InChI is InChI=1S/C18H25N3O4S/c1-3-11-20(15(2)22)14-10-19-18(23)16-6-8-17(9-7-16)26(24,25)21-12-4-5-13-21/h3,6-9H,1,4-5,10-14H2,2H3,(H,19,23). The van der Waals surface area contributed by atoms with Crippen LogP contribution in [0, 0.1) is 0 Å². The maximum Gasteiger partial charge on any atom is 0.251 e. The molecule has 1 aliphatic heterocycles. The van der Waals surface area contributed by atoms with Gasteiger partial charge in [-0.2, -0.15) is 4.31 Å². The van der Waals surface area contributed by atoms with E-state index in [1.807, 2.05) is 0 Å². The average molecular weight is 379 g/mol. The number of hydrogen-bond donors (Lipinski definition) is 1. The molecule has 0 unspecified atom stereocenters. The van der Waals surface area contributed by atoms with Crippen LogP contribution in [-0.2, 0) is 14.8 Å². The summed E-state index contributed by atoms with van der Waals surface area (Å²) in [6, 6.07) is 5.93. The van der Waals surface area contributed by atoms with Crippen molar-refractivity contribution >= 4 is 21.8 Å². The van der Waals surface area contributed by atoms with E-state index in [0.717, 1.165) is 12.8 Å². The van der Waals surface area contributed by atoms with Crippen molar-refractivity contribution in [2.75, 3.05) is 32.7 Å². The third kappa shape index (κ3) is 4.92. The van der Waals surface area contributed by atoms with Crippen molar-refractivity contribution < 1.29 is 18.0 Å². The van der Waals surface area contributed by atoms with Gasteiger partial charge in [-0.05, 0) is 37.1 Å². The average Bonchev–Trinajstić information content (AvgIpc) is 3.16. The third-order valence-corrected chi connectivity index (χ3v) is 6.19. The second-order valence-corrected chi connectivity index (χ2v) is 8.08. The van der Waals surface area contributed by atoms with E-state index in [4.69, 9.17) is 0 Å². The number of hydrogen-bond acceptors (Lipinski definition) is 4. The maximum atomic E-state index is 12.5. The summed E-state index contributed by atoms with van der Waals surface area (Å²) in [7, 11) is -3.48. The van der Waals surface area contributed by atoms with Crippen LogP contribution in [0.5, 0.6) is 0 Å². The maximum absolute atomic E-state index is 12.5. The molecule has 0 spiro atoms. The van der Waals surface area contributed by atoms with Gasteiger partial charge in [0.15, 0.2) is 0 Å². The van der Waals surface area contributed by atoms with Gasteiger partial charge in [0.2, 0.25) is 15.9 Å². The molecule has 7 nitrogen and oxygen atoms in total. The molecule has 2 amide bonds. The molecule has 142 valence electrons. The van der Waals surface area contributed by atoms with Gasteiger partial charge in [-0.15, -0.1) is 6.58 Å². The topological polar surface area (TPSA) is 86.8 Å². The first-order valence-electron chi connectivity index (χ1n) is 8.61. The Morgan fingerprint density at radius 1 is 1.23 bits per heavy atom. The molecule has 0 aliphatic carbocycles. The summed E-state index contributed by atoms with van der Waals surface area (Å²) in [5, 5.41) is 2.73. The second kappa shape index (κ2) is 8.95. The van der Waals surface area contributed by atoms with Crippen LogP contribution in [0.1, 0.15) is 30.1 Å². The van der Waals surface area contributed by atoms with Crippen molar-refractivity contribution in [1.29, 1.82) is 0 Å². The minimum Gasteiger partial charge on any atom is -0.350 e. The highest BCUT2D eigenvalue weighted by Crippen LogP contribution is 2.21. The summed E-state index contributed by atoms with van der Waals surface area (Å²) in [6.07, 6.45) is 3.38. The third-order valence-electron chi connectivity index (χ3n) is 4.28. The van der Waals surface area contributed by atoms with Gasteiger partial charge in [0.05, 0.1) is 4.90 Å². The van der Waals surface area contributed by atoms with Crippen molar-refractivity contribution in [3.63, 3.8) is 0 Å². The van der Waals surface area contributed by atoms with Crippen molar-refractivity contribution in [1.82, 2.24) is 14.5 Å². The largest absolute Gasteiger partial charge is 0.350 e. The lowest BCUT2D eigenvalue weighted by atomic mass is 10.2. The molecule has 1 saturated heterocycles. The number of rotatable bonds is 8. The Morgan fingerprint density at radius 3 is 2.38 bits per heavy atom. The van der Waals surface area contributed by atoms with Crippen LogP contribution in [0.15, 0.2) is 41.8 Å². The Hall–Kier alpha value is -2.19. The van der Waals surface area contributed by atoms with Crippen LogP contribution in [0.4, 0.5) is 0 Å². The molecule has 1 aromatic carbocycles. The highest BCUT2D eigenvalue weighted by Gasteiger charge is 2.27. The predicted octanol–water partition coefficient (Wildman–Crippen LogP) is 1.24. The molecule has 1 heterocycles. The highest BCUT2D eigenvalue weighted by atomic mass is 32.2. The Kier molecular flexibility index (Phi) is 6.93. The summed E-state index contributed by atoms with van der Waals surface area (Å²) < 4.78 is 26.4. The van der Waals surface area contributed by atoms with Crippen molar-refractivity contribution in [3.05, 3.63) is 42.5 Å². The first-order chi connectivity index (χ1) is 12.4. The Balaban J connectivity index is 1.94. The monoisotopic (exact) mass is 379 g/mol. The summed E-state index contributed by atoms with van der Waals surface area (Å²) in [4.78, 5) is 25.4. The van der Waals surface area contributed by atoms with E-state index >= 15 is 0 Å². The van der Waals surface area contributed by atoms with Gasteiger partial charge in [-0.3, -0.25) is 9.59 Å². The molecule has 26 heavy (non-hydrogen) atoms. The molecule has 2 rings (SSSR count). The molecule has 1 aliphatic rings. The van der Waals surface area contributed by atoms with Crippen molar-refractivity contribution in [2.45, 2.75) is 24.7 Å². The molecule has 8 heteroatoms. The van der Waals surface area contributed by atoms with Gasteiger partial charge in [0.1, 0.15) is 0 Å². The Labute approximate surface area is 154 Å². The molecular formula is C18H25N3O4S. The lowest BCUT2D eigenvalue weighted by molar-refractivity contribution is -0.128. The summed E-state index contributed by atoms with van der Waals surface area (Å²) >= 11 is 0. The van der Waals surface area contributed by atoms with E-state index in [1.165, 1.54) is 35.5 Å². The molecule has 1 fully saturated rings.